The Morgan fingerprint density at radius 3 is 2.44 bits per heavy atom. The highest BCUT2D eigenvalue weighted by molar-refractivity contribution is 6.30. The molecule has 3 heteroatoms. The maximum Gasteiger partial charge on any atom is 0.0797 e. The minimum atomic E-state index is 0.278. The van der Waals surface area contributed by atoms with Crippen molar-refractivity contribution < 1.29 is 4.74 Å². The van der Waals surface area contributed by atoms with Crippen LogP contribution in [0.25, 0.3) is 0 Å². The van der Waals surface area contributed by atoms with Crippen LogP contribution in [0.15, 0.2) is 24.3 Å². The van der Waals surface area contributed by atoms with Gasteiger partial charge in [-0.1, -0.05) is 30.7 Å². The molecule has 0 radical (unpaired) electrons. The van der Waals surface area contributed by atoms with Crippen molar-refractivity contribution >= 4 is 11.6 Å². The van der Waals surface area contributed by atoms with Gasteiger partial charge in [0.1, 0.15) is 0 Å². The molecule has 0 amide bonds. The lowest BCUT2D eigenvalue weighted by atomic mass is 9.98. The van der Waals surface area contributed by atoms with E-state index in [-0.39, 0.29) is 12.1 Å². The van der Waals surface area contributed by atoms with Crippen LogP contribution in [0.4, 0.5) is 0 Å². The van der Waals surface area contributed by atoms with Crippen molar-refractivity contribution in [3.05, 3.63) is 34.9 Å². The predicted molar refractivity (Wildman–Crippen MR) is 76.0 cm³/mol. The summed E-state index contributed by atoms with van der Waals surface area (Å²) in [6.07, 6.45) is 2.87. The summed E-state index contributed by atoms with van der Waals surface area (Å²) in [5.41, 5.74) is 1.27. The summed E-state index contributed by atoms with van der Waals surface area (Å²) in [6, 6.07) is 8.39. The van der Waals surface area contributed by atoms with Gasteiger partial charge in [0, 0.05) is 11.6 Å². The van der Waals surface area contributed by atoms with E-state index in [9.17, 15) is 0 Å². The zero-order valence-electron chi connectivity index (χ0n) is 11.2. The van der Waals surface area contributed by atoms with Gasteiger partial charge in [-0.05, 0) is 49.9 Å². The predicted octanol–water partition coefficient (Wildman–Crippen LogP) is 3.81. The zero-order valence-corrected chi connectivity index (χ0v) is 11.9. The van der Waals surface area contributed by atoms with Crippen LogP contribution in [0.1, 0.15) is 38.3 Å². The molecule has 0 heterocycles. The van der Waals surface area contributed by atoms with Crippen LogP contribution in [0.2, 0.25) is 5.02 Å². The maximum atomic E-state index is 5.97. The van der Waals surface area contributed by atoms with E-state index in [0.717, 1.165) is 18.2 Å². The average molecular weight is 268 g/mol. The van der Waals surface area contributed by atoms with Gasteiger partial charge < -0.3 is 10.1 Å². The Labute approximate surface area is 115 Å². The quantitative estimate of drug-likeness (QED) is 0.811. The molecule has 18 heavy (non-hydrogen) atoms. The lowest BCUT2D eigenvalue weighted by molar-refractivity contribution is 0.0189. The van der Waals surface area contributed by atoms with Gasteiger partial charge in [0.2, 0.25) is 0 Å². The molecule has 0 saturated heterocycles. The Morgan fingerprint density at radius 1 is 1.28 bits per heavy atom. The summed E-state index contributed by atoms with van der Waals surface area (Å²) in [4.78, 5) is 0. The van der Waals surface area contributed by atoms with Crippen molar-refractivity contribution in [1.82, 2.24) is 5.32 Å². The van der Waals surface area contributed by atoms with Gasteiger partial charge in [0.15, 0.2) is 0 Å². The monoisotopic (exact) mass is 267 g/mol. The van der Waals surface area contributed by atoms with Crippen molar-refractivity contribution in [2.24, 2.45) is 5.92 Å². The van der Waals surface area contributed by atoms with E-state index < -0.39 is 0 Å². The first-order chi connectivity index (χ1) is 8.76. The van der Waals surface area contributed by atoms with E-state index in [2.05, 4.69) is 31.3 Å². The highest BCUT2D eigenvalue weighted by atomic mass is 35.5. The number of hydrogen-bond acceptors (Lipinski definition) is 2. The van der Waals surface area contributed by atoms with Gasteiger partial charge in [-0.3, -0.25) is 0 Å². The zero-order chi connectivity index (χ0) is 13.0. The molecule has 1 aromatic carbocycles. The van der Waals surface area contributed by atoms with Gasteiger partial charge >= 0.3 is 0 Å². The third-order valence-electron chi connectivity index (χ3n) is 3.43. The van der Waals surface area contributed by atoms with E-state index in [1.165, 1.54) is 18.4 Å². The fourth-order valence-corrected chi connectivity index (χ4v) is 2.56. The van der Waals surface area contributed by atoms with Crippen LogP contribution in [-0.4, -0.2) is 19.3 Å². The minimum Gasteiger partial charge on any atom is -0.376 e. The standard InChI is InChI=1S/C15H22ClNO/c1-3-17-14(11-7-9-13(16)10-8-11)15(18-4-2)12-5-6-12/h7-10,12,14-15,17H,3-6H2,1-2H3. The molecule has 2 unspecified atom stereocenters. The van der Waals surface area contributed by atoms with Crippen LogP contribution in [-0.2, 0) is 4.74 Å². The molecule has 1 aliphatic carbocycles. The van der Waals surface area contributed by atoms with Crippen LogP contribution < -0.4 is 5.32 Å². The normalized spacial score (nSPS) is 18.6. The van der Waals surface area contributed by atoms with E-state index in [0.29, 0.717) is 5.92 Å². The van der Waals surface area contributed by atoms with Crippen LogP contribution in [0.3, 0.4) is 0 Å². The highest BCUT2D eigenvalue weighted by Gasteiger charge is 2.37. The second kappa shape index (κ2) is 6.55. The Hall–Kier alpha value is -0.570. The first-order valence-electron chi connectivity index (χ1n) is 6.86. The first kappa shape index (κ1) is 13.9. The minimum absolute atomic E-state index is 0.278. The number of likely N-dealkylation sites (N-methyl/N-ethyl adjacent to an activating group) is 1. The molecule has 1 saturated carbocycles. The van der Waals surface area contributed by atoms with Crippen molar-refractivity contribution in [2.75, 3.05) is 13.2 Å². The Morgan fingerprint density at radius 2 is 1.94 bits per heavy atom. The molecule has 0 aliphatic heterocycles. The Bertz CT molecular complexity index is 361. The second-order valence-corrected chi connectivity index (χ2v) is 5.28. The number of ether oxygens (including phenoxy) is 1. The first-order valence-corrected chi connectivity index (χ1v) is 7.24. The fourth-order valence-electron chi connectivity index (χ4n) is 2.44. The summed E-state index contributed by atoms with van der Waals surface area (Å²) in [5, 5.41) is 4.34. The van der Waals surface area contributed by atoms with Gasteiger partial charge in [-0.15, -0.1) is 0 Å². The van der Waals surface area contributed by atoms with E-state index in [1.54, 1.807) is 0 Å². The van der Waals surface area contributed by atoms with E-state index >= 15 is 0 Å². The average Bonchev–Trinajstić information content (AvgIpc) is 3.19. The molecule has 0 aromatic heterocycles. The van der Waals surface area contributed by atoms with Gasteiger partial charge in [0.05, 0.1) is 12.1 Å². The largest absolute Gasteiger partial charge is 0.376 e. The third kappa shape index (κ3) is 3.47. The lowest BCUT2D eigenvalue weighted by Crippen LogP contribution is -2.35. The van der Waals surface area contributed by atoms with E-state index in [1.807, 2.05) is 12.1 Å². The Balaban J connectivity index is 2.16. The van der Waals surface area contributed by atoms with Crippen molar-refractivity contribution in [3.8, 4) is 0 Å². The fraction of sp³-hybridized carbons (Fsp3) is 0.600. The topological polar surface area (TPSA) is 21.3 Å². The molecule has 2 atom stereocenters. The second-order valence-electron chi connectivity index (χ2n) is 4.84. The van der Waals surface area contributed by atoms with Crippen LogP contribution in [0, 0.1) is 5.92 Å². The summed E-state index contributed by atoms with van der Waals surface area (Å²) in [5.74, 6) is 0.713. The molecule has 1 fully saturated rings. The van der Waals surface area contributed by atoms with Gasteiger partial charge in [-0.25, -0.2) is 0 Å². The molecule has 1 aromatic rings. The number of nitrogens with one attached hydrogen (secondary N) is 1. The van der Waals surface area contributed by atoms with Crippen molar-refractivity contribution in [2.45, 2.75) is 38.8 Å². The Kier molecular flexibility index (Phi) is 5.04. The summed E-state index contributed by atoms with van der Waals surface area (Å²) in [7, 11) is 0. The SMILES string of the molecule is CCNC(c1ccc(Cl)cc1)C(OCC)C1CC1. The molecular weight excluding hydrogens is 246 g/mol. The van der Waals surface area contributed by atoms with Gasteiger partial charge in [-0.2, -0.15) is 0 Å². The molecule has 100 valence electrons. The molecule has 0 bridgehead atoms. The molecular formula is C15H22ClNO. The van der Waals surface area contributed by atoms with Gasteiger partial charge in [0.25, 0.3) is 0 Å². The lowest BCUT2D eigenvalue weighted by Gasteiger charge is -2.28. The molecule has 1 N–H and O–H groups in total. The number of rotatable bonds is 7. The maximum absolute atomic E-state index is 5.97. The number of hydrogen-bond donors (Lipinski definition) is 1. The van der Waals surface area contributed by atoms with Crippen molar-refractivity contribution in [1.29, 1.82) is 0 Å². The van der Waals surface area contributed by atoms with Crippen LogP contribution >= 0.6 is 11.6 Å². The summed E-state index contributed by atoms with van der Waals surface area (Å²) in [6.45, 7) is 5.93. The summed E-state index contributed by atoms with van der Waals surface area (Å²) < 4.78 is 5.97. The van der Waals surface area contributed by atoms with Crippen molar-refractivity contribution in [3.63, 3.8) is 0 Å². The van der Waals surface area contributed by atoms with Crippen LogP contribution in [0.5, 0.6) is 0 Å². The highest BCUT2D eigenvalue weighted by Crippen LogP contribution is 2.40. The number of halogens is 1. The summed E-state index contributed by atoms with van der Waals surface area (Å²) >= 11 is 5.96. The molecule has 2 rings (SSSR count). The number of benzene rings is 1. The molecule has 0 spiro atoms. The molecule has 1 aliphatic rings. The molecule has 2 nitrogen and oxygen atoms in total. The third-order valence-corrected chi connectivity index (χ3v) is 3.68. The smallest absolute Gasteiger partial charge is 0.0797 e. The van der Waals surface area contributed by atoms with E-state index in [4.69, 9.17) is 16.3 Å².